The highest BCUT2D eigenvalue weighted by Crippen LogP contribution is 2.46. The van der Waals surface area contributed by atoms with Gasteiger partial charge < -0.3 is 5.11 Å². The van der Waals surface area contributed by atoms with E-state index in [0.717, 1.165) is 23.5 Å². The van der Waals surface area contributed by atoms with Gasteiger partial charge in [0.25, 0.3) is 5.91 Å². The summed E-state index contributed by atoms with van der Waals surface area (Å²) in [5.41, 5.74) is -0.923. The normalized spacial score (nSPS) is 17.6. The number of fused-ring (bicyclic) bond motifs is 1. The minimum atomic E-state index is -0.886. The number of ketones is 1. The molecular weight excluding hydrogens is 418 g/mol. The summed E-state index contributed by atoms with van der Waals surface area (Å²) in [4.78, 5) is 32.0. The number of anilines is 1. The fourth-order valence-corrected chi connectivity index (χ4v) is 5.06. The fourth-order valence-electron chi connectivity index (χ4n) is 3.20. The van der Waals surface area contributed by atoms with Crippen molar-refractivity contribution < 1.29 is 23.5 Å². The number of halogens is 2. The van der Waals surface area contributed by atoms with Crippen LogP contribution in [0, 0.1) is 17.0 Å². The Morgan fingerprint density at radius 2 is 2.00 bits per heavy atom. The zero-order valence-electron chi connectivity index (χ0n) is 15.7. The molecule has 4 rings (SSSR count). The number of thiophene rings is 1. The van der Waals surface area contributed by atoms with Gasteiger partial charge in [-0.25, -0.2) is 13.8 Å². The second kappa shape index (κ2) is 6.70. The van der Waals surface area contributed by atoms with Crippen LogP contribution in [0.5, 0.6) is 0 Å². The molecule has 0 saturated heterocycles. The molecule has 29 heavy (non-hydrogen) atoms. The van der Waals surface area contributed by atoms with Crippen molar-refractivity contribution in [2.45, 2.75) is 26.8 Å². The van der Waals surface area contributed by atoms with Crippen molar-refractivity contribution in [2.75, 3.05) is 4.90 Å². The number of carbonyl (C=O) groups excluding carboxylic acids is 2. The van der Waals surface area contributed by atoms with Crippen LogP contribution in [0.25, 0.3) is 10.2 Å². The molecular formula is C20H16F2N2O3S2. The topological polar surface area (TPSA) is 70.5 Å². The van der Waals surface area contributed by atoms with E-state index in [9.17, 15) is 23.5 Å². The molecule has 1 aliphatic heterocycles. The molecule has 0 spiro atoms. The summed E-state index contributed by atoms with van der Waals surface area (Å²) in [6.07, 6.45) is 0. The van der Waals surface area contributed by atoms with E-state index in [4.69, 9.17) is 0 Å². The van der Waals surface area contributed by atoms with E-state index in [0.29, 0.717) is 4.88 Å². The molecule has 9 heteroatoms. The summed E-state index contributed by atoms with van der Waals surface area (Å²) in [6.45, 7) is 5.10. The van der Waals surface area contributed by atoms with Gasteiger partial charge >= 0.3 is 0 Å². The second-order valence-electron chi connectivity index (χ2n) is 7.67. The van der Waals surface area contributed by atoms with E-state index in [-0.39, 0.29) is 26.7 Å². The van der Waals surface area contributed by atoms with E-state index in [1.807, 2.05) is 0 Å². The van der Waals surface area contributed by atoms with E-state index >= 15 is 0 Å². The molecule has 0 saturated carbocycles. The lowest BCUT2D eigenvalue weighted by Gasteiger charge is -2.26. The highest BCUT2D eigenvalue weighted by Gasteiger charge is 2.48. The Hall–Kier alpha value is -2.65. The summed E-state index contributed by atoms with van der Waals surface area (Å²) >= 11 is 2.24. The zero-order chi connectivity index (χ0) is 21.1. The average molecular weight is 434 g/mol. The van der Waals surface area contributed by atoms with Gasteiger partial charge in [0.05, 0.1) is 10.3 Å². The van der Waals surface area contributed by atoms with Crippen molar-refractivity contribution in [2.24, 2.45) is 5.41 Å². The molecule has 2 aromatic heterocycles. The molecule has 3 aromatic rings. The molecule has 1 amide bonds. The number of nitrogens with zero attached hydrogens (tertiary/aromatic N) is 2. The van der Waals surface area contributed by atoms with Crippen molar-refractivity contribution in [3.63, 3.8) is 0 Å². The number of aromatic nitrogens is 1. The number of thiazole rings is 1. The smallest absolute Gasteiger partial charge is 0.296 e. The van der Waals surface area contributed by atoms with Crippen LogP contribution >= 0.6 is 22.7 Å². The third kappa shape index (κ3) is 3.14. The fraction of sp³-hybridized carbons (Fsp3) is 0.250. The number of aliphatic hydroxyl groups excluding tert-OH is 1. The number of benzene rings is 1. The van der Waals surface area contributed by atoms with Gasteiger partial charge in [0.2, 0.25) is 0 Å². The Labute approximate surface area is 172 Å². The van der Waals surface area contributed by atoms with Gasteiger partial charge in [-0.05, 0) is 17.5 Å². The lowest BCUT2D eigenvalue weighted by atomic mass is 9.83. The number of Topliss-reactive ketones (excluding diaryl/α,β-unsaturated/α-hetero) is 1. The van der Waals surface area contributed by atoms with Crippen molar-refractivity contribution in [1.82, 2.24) is 4.98 Å². The van der Waals surface area contributed by atoms with E-state index in [2.05, 4.69) is 4.98 Å². The van der Waals surface area contributed by atoms with Crippen LogP contribution in [0.15, 0.2) is 41.0 Å². The number of rotatable bonds is 3. The van der Waals surface area contributed by atoms with Crippen molar-refractivity contribution >= 4 is 49.7 Å². The first-order valence-corrected chi connectivity index (χ1v) is 10.4. The Kier molecular flexibility index (Phi) is 4.54. The minimum absolute atomic E-state index is 0.0177. The number of amides is 1. The van der Waals surface area contributed by atoms with E-state index in [1.165, 1.54) is 16.2 Å². The van der Waals surface area contributed by atoms with Crippen LogP contribution in [0.3, 0.4) is 0 Å². The molecule has 0 aliphatic carbocycles. The van der Waals surface area contributed by atoms with Crippen LogP contribution in [0.2, 0.25) is 0 Å². The van der Waals surface area contributed by atoms with E-state index < -0.39 is 34.8 Å². The lowest BCUT2D eigenvalue weighted by molar-refractivity contribution is -0.123. The van der Waals surface area contributed by atoms with Gasteiger partial charge in [0.15, 0.2) is 22.5 Å². The van der Waals surface area contributed by atoms with Gasteiger partial charge in [-0.1, -0.05) is 38.2 Å². The molecule has 1 aromatic carbocycles. The summed E-state index contributed by atoms with van der Waals surface area (Å²) < 4.78 is 28.0. The van der Waals surface area contributed by atoms with Gasteiger partial charge in [0.1, 0.15) is 17.4 Å². The molecule has 1 aliphatic rings. The van der Waals surface area contributed by atoms with Gasteiger partial charge in [-0.15, -0.1) is 11.3 Å². The average Bonchev–Trinajstić information content (AvgIpc) is 3.33. The predicted molar refractivity (Wildman–Crippen MR) is 108 cm³/mol. The largest absolute Gasteiger partial charge is 0.503 e. The summed E-state index contributed by atoms with van der Waals surface area (Å²) in [5, 5.41) is 12.5. The summed E-state index contributed by atoms with van der Waals surface area (Å²) in [6, 6.07) is 4.48. The van der Waals surface area contributed by atoms with Crippen LogP contribution in [0.1, 0.15) is 31.7 Å². The third-order valence-electron chi connectivity index (χ3n) is 4.55. The first-order chi connectivity index (χ1) is 13.6. The first kappa shape index (κ1) is 19.7. The highest BCUT2D eigenvalue weighted by atomic mass is 32.1. The summed E-state index contributed by atoms with van der Waals surface area (Å²) in [5.74, 6) is -3.41. The van der Waals surface area contributed by atoms with Crippen molar-refractivity contribution in [3.05, 3.63) is 57.5 Å². The number of carbonyl (C=O) groups is 2. The SMILES string of the molecule is CC(C)(C)C(=O)C1=C(O)C(=O)N(c2nc3c(F)cc(F)cc3s2)C1c1cccs1. The summed E-state index contributed by atoms with van der Waals surface area (Å²) in [7, 11) is 0. The Balaban J connectivity index is 1.91. The lowest BCUT2D eigenvalue weighted by Crippen LogP contribution is -2.32. The Morgan fingerprint density at radius 3 is 2.62 bits per heavy atom. The second-order valence-corrected chi connectivity index (χ2v) is 9.65. The monoisotopic (exact) mass is 434 g/mol. The highest BCUT2D eigenvalue weighted by molar-refractivity contribution is 7.22. The molecule has 1 atom stereocenters. The van der Waals surface area contributed by atoms with Crippen LogP contribution in [-0.2, 0) is 9.59 Å². The molecule has 5 nitrogen and oxygen atoms in total. The third-order valence-corrected chi connectivity index (χ3v) is 6.48. The molecule has 150 valence electrons. The molecule has 0 fully saturated rings. The van der Waals surface area contributed by atoms with Crippen molar-refractivity contribution in [3.8, 4) is 0 Å². The first-order valence-electron chi connectivity index (χ1n) is 8.70. The standard InChI is InChI=1S/C20H16F2N2O3S2/c1-20(2,3)17(26)13-15(11-5-4-6-28-11)24(18(27)16(13)25)19-23-14-10(22)7-9(21)8-12(14)29-19/h4-8,15,25H,1-3H3. The van der Waals surface area contributed by atoms with Gasteiger partial charge in [0, 0.05) is 16.4 Å². The van der Waals surface area contributed by atoms with Crippen LogP contribution in [-0.4, -0.2) is 21.8 Å². The molecule has 1 unspecified atom stereocenters. The quantitative estimate of drug-likeness (QED) is 0.619. The predicted octanol–water partition coefficient (Wildman–Crippen LogP) is 5.15. The Bertz CT molecular complexity index is 1180. The number of aliphatic hydroxyl groups is 1. The molecule has 0 radical (unpaired) electrons. The van der Waals surface area contributed by atoms with Crippen molar-refractivity contribution in [1.29, 1.82) is 0 Å². The maximum Gasteiger partial charge on any atom is 0.296 e. The van der Waals surface area contributed by atoms with Gasteiger partial charge in [-0.2, -0.15) is 0 Å². The number of hydrogen-bond donors (Lipinski definition) is 1. The number of hydrogen-bond acceptors (Lipinski definition) is 6. The van der Waals surface area contributed by atoms with Gasteiger partial charge in [-0.3, -0.25) is 14.5 Å². The maximum absolute atomic E-state index is 14.1. The molecule has 1 N–H and O–H groups in total. The Morgan fingerprint density at radius 1 is 1.28 bits per heavy atom. The van der Waals surface area contributed by atoms with E-state index in [1.54, 1.807) is 38.3 Å². The minimum Gasteiger partial charge on any atom is -0.503 e. The molecule has 0 bridgehead atoms. The zero-order valence-corrected chi connectivity index (χ0v) is 17.3. The van der Waals surface area contributed by atoms with Crippen LogP contribution in [0.4, 0.5) is 13.9 Å². The van der Waals surface area contributed by atoms with Crippen LogP contribution < -0.4 is 4.90 Å². The maximum atomic E-state index is 14.1. The molecule has 3 heterocycles.